The number of unbranched alkanes of at least 4 members (excludes halogenated alkanes) is 4. The van der Waals surface area contributed by atoms with E-state index in [0.717, 1.165) is 35.9 Å². The largest absolute Gasteiger partial charge is 0.479 e. The Bertz CT molecular complexity index is 872. The van der Waals surface area contributed by atoms with Crippen molar-refractivity contribution in [1.29, 1.82) is 0 Å². The first kappa shape index (κ1) is 20.1. The van der Waals surface area contributed by atoms with Gasteiger partial charge in [0.05, 0.1) is 5.52 Å². The summed E-state index contributed by atoms with van der Waals surface area (Å²) < 4.78 is 16.8. The lowest BCUT2D eigenvalue weighted by Crippen LogP contribution is -2.50. The number of carboxylic acids is 1. The number of carboxylic acid groups (broad SMARTS) is 1. The Balaban J connectivity index is 1.53. The van der Waals surface area contributed by atoms with Crippen LogP contribution in [-0.2, 0) is 20.7 Å². The molecule has 156 valence electrons. The van der Waals surface area contributed by atoms with Crippen molar-refractivity contribution in [3.8, 4) is 5.75 Å². The molecule has 1 aromatic heterocycles. The van der Waals surface area contributed by atoms with Gasteiger partial charge in [0.2, 0.25) is 6.29 Å². The van der Waals surface area contributed by atoms with E-state index in [-0.39, 0.29) is 0 Å². The van der Waals surface area contributed by atoms with Crippen LogP contribution in [0, 0.1) is 0 Å². The Labute approximate surface area is 169 Å². The molecule has 2 fully saturated rings. The van der Waals surface area contributed by atoms with Gasteiger partial charge in [0.25, 0.3) is 0 Å². The number of aliphatic hydroxyl groups excluding tert-OH is 1. The highest BCUT2D eigenvalue weighted by Crippen LogP contribution is 2.39. The van der Waals surface area contributed by atoms with Crippen LogP contribution in [0.15, 0.2) is 30.3 Å². The molecule has 0 saturated carbocycles. The third kappa shape index (κ3) is 4.37. The predicted octanol–water partition coefficient (Wildman–Crippen LogP) is 3.06. The molecule has 0 bridgehead atoms. The molecule has 3 heterocycles. The normalized spacial score (nSPS) is 28.1. The molecule has 0 radical (unpaired) electrons. The van der Waals surface area contributed by atoms with E-state index in [1.165, 1.54) is 19.3 Å². The first-order valence-electron chi connectivity index (χ1n) is 10.4. The van der Waals surface area contributed by atoms with Crippen molar-refractivity contribution in [2.24, 2.45) is 0 Å². The van der Waals surface area contributed by atoms with Crippen LogP contribution in [0.3, 0.4) is 0 Å². The fourth-order valence-electron chi connectivity index (χ4n) is 3.86. The molecule has 7 heteroatoms. The average molecular weight is 401 g/mol. The van der Waals surface area contributed by atoms with Gasteiger partial charge in [0.15, 0.2) is 6.10 Å². The molecular weight excluding hydrogens is 374 g/mol. The first-order chi connectivity index (χ1) is 14.1. The summed E-state index contributed by atoms with van der Waals surface area (Å²) in [5, 5.41) is 20.5. The summed E-state index contributed by atoms with van der Waals surface area (Å²) in [4.78, 5) is 16.1. The number of hydrogen-bond acceptors (Lipinski definition) is 6. The number of carbonyl (C=O) groups is 1. The lowest BCUT2D eigenvalue weighted by molar-refractivity contribution is -0.201. The van der Waals surface area contributed by atoms with Crippen molar-refractivity contribution in [3.63, 3.8) is 0 Å². The van der Waals surface area contributed by atoms with E-state index in [1.54, 1.807) is 0 Å². The predicted molar refractivity (Wildman–Crippen MR) is 106 cm³/mol. The van der Waals surface area contributed by atoms with E-state index in [9.17, 15) is 15.0 Å². The van der Waals surface area contributed by atoms with Gasteiger partial charge in [-0.3, -0.25) is 4.98 Å². The minimum atomic E-state index is -1.14. The van der Waals surface area contributed by atoms with Crippen LogP contribution in [0.5, 0.6) is 5.75 Å². The van der Waals surface area contributed by atoms with Crippen molar-refractivity contribution >= 4 is 16.9 Å². The summed E-state index contributed by atoms with van der Waals surface area (Å²) in [6.45, 7) is 2.19. The smallest absolute Gasteiger partial charge is 0.335 e. The molecule has 2 aliphatic heterocycles. The van der Waals surface area contributed by atoms with Gasteiger partial charge in [0.1, 0.15) is 24.1 Å². The molecule has 0 spiro atoms. The molecule has 4 rings (SSSR count). The monoisotopic (exact) mass is 401 g/mol. The molecular formula is C22H27NO6. The first-order valence-corrected chi connectivity index (χ1v) is 10.4. The van der Waals surface area contributed by atoms with Gasteiger partial charge in [-0.1, -0.05) is 44.7 Å². The maximum atomic E-state index is 11.4. The third-order valence-electron chi connectivity index (χ3n) is 5.51. The van der Waals surface area contributed by atoms with Crippen molar-refractivity contribution in [1.82, 2.24) is 4.98 Å². The number of para-hydroxylation sites is 1. The quantitative estimate of drug-likeness (QED) is 0.492. The number of nitrogens with zero attached hydrogens (tertiary/aromatic N) is 1. The lowest BCUT2D eigenvalue weighted by Gasteiger charge is -2.29. The molecule has 2 aliphatic rings. The molecule has 5 atom stereocenters. The van der Waals surface area contributed by atoms with E-state index in [4.69, 9.17) is 19.2 Å². The van der Waals surface area contributed by atoms with Crippen LogP contribution in [0.1, 0.15) is 44.7 Å². The van der Waals surface area contributed by atoms with E-state index in [0.29, 0.717) is 5.75 Å². The second-order valence-electron chi connectivity index (χ2n) is 7.73. The molecule has 2 saturated heterocycles. The zero-order valence-corrected chi connectivity index (χ0v) is 16.5. The number of fused-ring (bicyclic) bond motifs is 2. The Morgan fingerprint density at radius 1 is 1.14 bits per heavy atom. The third-order valence-corrected chi connectivity index (χ3v) is 5.51. The Hall–Kier alpha value is -2.22. The average Bonchev–Trinajstić information content (AvgIpc) is 3.51. The van der Waals surface area contributed by atoms with Crippen LogP contribution in [0.25, 0.3) is 10.9 Å². The molecule has 0 amide bonds. The lowest BCUT2D eigenvalue weighted by atomic mass is 10.1. The van der Waals surface area contributed by atoms with Crippen LogP contribution >= 0.6 is 0 Å². The number of aromatic nitrogens is 1. The minimum Gasteiger partial charge on any atom is -0.479 e. The van der Waals surface area contributed by atoms with Crippen molar-refractivity contribution in [2.45, 2.75) is 76.2 Å². The number of ether oxygens (including phenoxy) is 3. The van der Waals surface area contributed by atoms with Gasteiger partial charge in [-0.15, -0.1) is 0 Å². The second-order valence-corrected chi connectivity index (χ2v) is 7.73. The van der Waals surface area contributed by atoms with E-state index in [2.05, 4.69) is 6.92 Å². The van der Waals surface area contributed by atoms with Gasteiger partial charge < -0.3 is 24.4 Å². The van der Waals surface area contributed by atoms with Crippen LogP contribution in [0.4, 0.5) is 0 Å². The highest BCUT2D eigenvalue weighted by Gasteiger charge is 2.60. The maximum absolute atomic E-state index is 11.4. The number of aliphatic hydroxyl groups is 1. The van der Waals surface area contributed by atoms with E-state index in [1.807, 2.05) is 30.3 Å². The Morgan fingerprint density at radius 3 is 2.72 bits per heavy atom. The summed E-state index contributed by atoms with van der Waals surface area (Å²) in [6.07, 6.45) is 2.23. The molecule has 1 aromatic carbocycles. The zero-order chi connectivity index (χ0) is 20.4. The number of benzene rings is 1. The Kier molecular flexibility index (Phi) is 5.99. The number of aryl methyl sites for hydroxylation is 1. The summed E-state index contributed by atoms with van der Waals surface area (Å²) >= 11 is 0. The van der Waals surface area contributed by atoms with Gasteiger partial charge in [-0.2, -0.15) is 0 Å². The highest BCUT2D eigenvalue weighted by molar-refractivity contribution is 5.85. The topological polar surface area (TPSA) is 101 Å². The zero-order valence-electron chi connectivity index (χ0n) is 16.5. The van der Waals surface area contributed by atoms with Crippen molar-refractivity contribution < 1.29 is 29.2 Å². The molecule has 29 heavy (non-hydrogen) atoms. The summed E-state index contributed by atoms with van der Waals surface area (Å²) in [6, 6.07) is 9.48. The highest BCUT2D eigenvalue weighted by atomic mass is 16.7. The number of rotatable bonds is 9. The van der Waals surface area contributed by atoms with Crippen LogP contribution in [-0.4, -0.2) is 51.9 Å². The number of pyridine rings is 1. The fraction of sp³-hybridized carbons (Fsp3) is 0.545. The van der Waals surface area contributed by atoms with Crippen molar-refractivity contribution in [2.75, 3.05) is 0 Å². The van der Waals surface area contributed by atoms with Gasteiger partial charge in [0, 0.05) is 17.1 Å². The van der Waals surface area contributed by atoms with Gasteiger partial charge >= 0.3 is 5.97 Å². The number of hydrogen-bond donors (Lipinski definition) is 2. The molecule has 2 N–H and O–H groups in total. The van der Waals surface area contributed by atoms with Crippen LogP contribution < -0.4 is 4.74 Å². The van der Waals surface area contributed by atoms with E-state index >= 15 is 0 Å². The Morgan fingerprint density at radius 2 is 1.93 bits per heavy atom. The summed E-state index contributed by atoms with van der Waals surface area (Å²) in [7, 11) is 0. The molecule has 2 aromatic rings. The molecule has 0 aliphatic carbocycles. The van der Waals surface area contributed by atoms with Gasteiger partial charge in [-0.25, -0.2) is 4.79 Å². The fourth-order valence-corrected chi connectivity index (χ4v) is 3.86. The molecule has 2 unspecified atom stereocenters. The standard InChI is InChI=1S/C22H27NO6/c1-2-3-4-5-6-9-13-12-16(14-10-7-8-11-15(14)23-13)27-22-17(24)18-19(28-18)20(29-22)21(25)26/h7-8,10-12,17-20,22,24H,2-6,9H2,1H3,(H,25,26)/t17?,18-,19+,20?,22+/m0/s1. The van der Waals surface area contributed by atoms with Crippen molar-refractivity contribution in [3.05, 3.63) is 36.0 Å². The number of aliphatic carboxylic acids is 1. The second kappa shape index (κ2) is 8.65. The summed E-state index contributed by atoms with van der Waals surface area (Å²) in [5.41, 5.74) is 1.71. The minimum absolute atomic E-state index is 0.534. The van der Waals surface area contributed by atoms with Gasteiger partial charge in [-0.05, 0) is 25.0 Å². The number of epoxide rings is 1. The van der Waals surface area contributed by atoms with E-state index < -0.39 is 36.7 Å². The summed E-state index contributed by atoms with van der Waals surface area (Å²) in [5.74, 6) is -0.586. The maximum Gasteiger partial charge on any atom is 0.335 e. The SMILES string of the molecule is CCCCCCCc1cc(O[C@@H]2OC(C(=O)O)[C@@H]3O[C@H]3C2O)c2ccccc2n1. The van der Waals surface area contributed by atoms with Crippen LogP contribution in [0.2, 0.25) is 0 Å². The molecule has 7 nitrogen and oxygen atoms in total.